The van der Waals surface area contributed by atoms with Crippen molar-refractivity contribution in [3.8, 4) is 17.0 Å². The molecule has 5 heteroatoms. The Bertz CT molecular complexity index is 843. The highest BCUT2D eigenvalue weighted by Crippen LogP contribution is 2.45. The van der Waals surface area contributed by atoms with Crippen LogP contribution in [0.4, 0.5) is 0 Å². The maximum absolute atomic E-state index is 12.1. The van der Waals surface area contributed by atoms with Gasteiger partial charge in [-0.3, -0.25) is 9.78 Å². The monoisotopic (exact) mass is 337 g/mol. The normalized spacial score (nSPS) is 19.9. The van der Waals surface area contributed by atoms with E-state index in [2.05, 4.69) is 21.4 Å². The maximum Gasteiger partial charge on any atom is 0.226 e. The number of carbonyl (C=O) groups excluding carboxylic acids is 1. The maximum atomic E-state index is 12.1. The summed E-state index contributed by atoms with van der Waals surface area (Å²) in [5.74, 6) is 1.05. The number of nitrogens with zero attached hydrogens (tertiary/aromatic N) is 2. The van der Waals surface area contributed by atoms with Crippen molar-refractivity contribution in [1.29, 1.82) is 0 Å². The Kier molecular flexibility index (Phi) is 3.74. The summed E-state index contributed by atoms with van der Waals surface area (Å²) >= 11 is 0. The molecular formula is C20H23N3O2. The fraction of sp³-hybridized carbons (Fsp3) is 0.450. The first-order valence-electron chi connectivity index (χ1n) is 8.83. The molecule has 5 nitrogen and oxygen atoms in total. The number of rotatable bonds is 4. The Balaban J connectivity index is 1.47. The zero-order valence-electron chi connectivity index (χ0n) is 14.9. The highest BCUT2D eigenvalue weighted by Gasteiger charge is 2.44. The van der Waals surface area contributed by atoms with Crippen LogP contribution in [-0.2, 0) is 11.2 Å². The molecule has 1 aromatic carbocycles. The molecule has 1 aromatic heterocycles. The Hall–Kier alpha value is -2.43. The smallest absolute Gasteiger partial charge is 0.226 e. The molecule has 2 aromatic rings. The van der Waals surface area contributed by atoms with E-state index in [9.17, 15) is 4.79 Å². The third kappa shape index (κ3) is 3.11. The molecule has 4 rings (SSSR count). The second-order valence-corrected chi connectivity index (χ2v) is 7.48. The van der Waals surface area contributed by atoms with E-state index in [1.54, 1.807) is 6.20 Å². The number of hydrogen-bond acceptors (Lipinski definition) is 4. The molecule has 1 N–H and O–H groups in total. The summed E-state index contributed by atoms with van der Waals surface area (Å²) in [4.78, 5) is 21.1. The number of aromatic nitrogens is 2. The summed E-state index contributed by atoms with van der Waals surface area (Å²) in [5.41, 5.74) is 4.84. The minimum absolute atomic E-state index is 0.00115. The zero-order chi connectivity index (χ0) is 17.6. The van der Waals surface area contributed by atoms with Gasteiger partial charge >= 0.3 is 0 Å². The Morgan fingerprint density at radius 3 is 2.92 bits per heavy atom. The van der Waals surface area contributed by atoms with Gasteiger partial charge in [0.05, 0.1) is 23.6 Å². The van der Waals surface area contributed by atoms with E-state index in [1.807, 2.05) is 32.9 Å². The summed E-state index contributed by atoms with van der Waals surface area (Å²) < 4.78 is 5.98. The Labute approximate surface area is 147 Å². The van der Waals surface area contributed by atoms with E-state index in [0.717, 1.165) is 53.2 Å². The van der Waals surface area contributed by atoms with Crippen molar-refractivity contribution in [3.63, 3.8) is 0 Å². The van der Waals surface area contributed by atoms with Gasteiger partial charge in [-0.15, -0.1) is 0 Å². The zero-order valence-corrected chi connectivity index (χ0v) is 14.9. The molecule has 2 aliphatic rings. The van der Waals surface area contributed by atoms with Crippen molar-refractivity contribution in [2.24, 2.45) is 5.41 Å². The number of hydrogen-bond donors (Lipinski definition) is 1. The summed E-state index contributed by atoms with van der Waals surface area (Å²) in [6.45, 7) is 6.50. The number of ether oxygens (including phenoxy) is 1. The fourth-order valence-electron chi connectivity index (χ4n) is 3.23. The van der Waals surface area contributed by atoms with Crippen LogP contribution in [0.5, 0.6) is 5.75 Å². The third-order valence-electron chi connectivity index (χ3n) is 5.19. The molecule has 0 bridgehead atoms. The summed E-state index contributed by atoms with van der Waals surface area (Å²) in [5, 5.41) is 3.04. The van der Waals surface area contributed by atoms with Gasteiger partial charge in [-0.1, -0.05) is 6.92 Å². The molecule has 130 valence electrons. The molecule has 1 saturated carbocycles. The first-order chi connectivity index (χ1) is 11.9. The summed E-state index contributed by atoms with van der Waals surface area (Å²) in [6, 6.07) is 6.16. The first kappa shape index (κ1) is 16.1. The van der Waals surface area contributed by atoms with Crippen LogP contribution in [0.2, 0.25) is 0 Å². The van der Waals surface area contributed by atoms with Crippen molar-refractivity contribution < 1.29 is 9.53 Å². The van der Waals surface area contributed by atoms with E-state index >= 15 is 0 Å². The van der Waals surface area contributed by atoms with Crippen LogP contribution in [0.25, 0.3) is 11.3 Å². The van der Waals surface area contributed by atoms with Gasteiger partial charge in [-0.25, -0.2) is 4.98 Å². The predicted octanol–water partition coefficient (Wildman–Crippen LogP) is 2.98. The minimum atomic E-state index is -0.139. The van der Waals surface area contributed by atoms with Crippen molar-refractivity contribution in [3.05, 3.63) is 41.3 Å². The third-order valence-corrected chi connectivity index (χ3v) is 5.19. The highest BCUT2D eigenvalue weighted by atomic mass is 16.5. The van der Waals surface area contributed by atoms with Crippen LogP contribution in [0, 0.1) is 19.3 Å². The lowest BCUT2D eigenvalue weighted by Crippen LogP contribution is -2.38. The van der Waals surface area contributed by atoms with Gasteiger partial charge in [0.2, 0.25) is 5.91 Å². The molecule has 1 amide bonds. The van der Waals surface area contributed by atoms with Gasteiger partial charge in [0.15, 0.2) is 0 Å². The standard InChI is InChI=1S/C20H23N3O2/c1-12-10-21-13(2)18(23-12)14-4-5-17-15(8-14)9-16(25-17)11-22-19(24)20(3)6-7-20/h4-5,8,10,16H,6-7,9,11H2,1-3H3,(H,22,24)/t16-/m0/s1. The van der Waals surface area contributed by atoms with Crippen molar-refractivity contribution in [2.75, 3.05) is 6.54 Å². The molecule has 1 atom stereocenters. The lowest BCUT2D eigenvalue weighted by Gasteiger charge is -2.14. The van der Waals surface area contributed by atoms with Crippen LogP contribution < -0.4 is 10.1 Å². The van der Waals surface area contributed by atoms with Gasteiger partial charge < -0.3 is 10.1 Å². The lowest BCUT2D eigenvalue weighted by molar-refractivity contribution is -0.126. The largest absolute Gasteiger partial charge is 0.488 e. The average Bonchev–Trinajstić information content (AvgIpc) is 3.21. The molecule has 0 saturated heterocycles. The molecule has 2 heterocycles. The van der Waals surface area contributed by atoms with Crippen LogP contribution in [0.15, 0.2) is 24.4 Å². The average molecular weight is 337 g/mol. The predicted molar refractivity (Wildman–Crippen MR) is 95.4 cm³/mol. The number of fused-ring (bicyclic) bond motifs is 1. The topological polar surface area (TPSA) is 64.1 Å². The van der Waals surface area contributed by atoms with E-state index in [4.69, 9.17) is 4.74 Å². The van der Waals surface area contributed by atoms with Crippen LogP contribution in [0.1, 0.15) is 36.7 Å². The fourth-order valence-corrected chi connectivity index (χ4v) is 3.23. The van der Waals surface area contributed by atoms with E-state index in [1.165, 1.54) is 0 Å². The number of benzene rings is 1. The van der Waals surface area contributed by atoms with E-state index < -0.39 is 0 Å². The number of aryl methyl sites for hydroxylation is 2. The molecule has 25 heavy (non-hydrogen) atoms. The Morgan fingerprint density at radius 2 is 2.16 bits per heavy atom. The van der Waals surface area contributed by atoms with Crippen molar-refractivity contribution >= 4 is 5.91 Å². The van der Waals surface area contributed by atoms with E-state index in [-0.39, 0.29) is 17.4 Å². The summed E-state index contributed by atoms with van der Waals surface area (Å²) in [7, 11) is 0. The summed E-state index contributed by atoms with van der Waals surface area (Å²) in [6.07, 6.45) is 4.57. The molecular weight excluding hydrogens is 314 g/mol. The van der Waals surface area contributed by atoms with E-state index in [0.29, 0.717) is 6.54 Å². The quantitative estimate of drug-likeness (QED) is 0.931. The van der Waals surface area contributed by atoms with Gasteiger partial charge in [0.1, 0.15) is 11.9 Å². The first-order valence-corrected chi connectivity index (χ1v) is 8.83. The van der Waals surface area contributed by atoms with Gasteiger partial charge in [0.25, 0.3) is 0 Å². The number of amides is 1. The SMILES string of the molecule is Cc1cnc(C)c(-c2ccc3c(c2)C[C@@H](CNC(=O)C2(C)CC2)O3)n1. The molecule has 0 spiro atoms. The van der Waals surface area contributed by atoms with Crippen molar-refractivity contribution in [2.45, 2.75) is 46.1 Å². The lowest BCUT2D eigenvalue weighted by atomic mass is 10.0. The highest BCUT2D eigenvalue weighted by molar-refractivity contribution is 5.84. The molecule has 1 fully saturated rings. The van der Waals surface area contributed by atoms with Gasteiger partial charge in [0, 0.05) is 23.6 Å². The van der Waals surface area contributed by atoms with Crippen molar-refractivity contribution in [1.82, 2.24) is 15.3 Å². The number of carbonyl (C=O) groups is 1. The van der Waals surface area contributed by atoms with Crippen LogP contribution in [0.3, 0.4) is 0 Å². The van der Waals surface area contributed by atoms with Crippen LogP contribution in [-0.4, -0.2) is 28.5 Å². The van der Waals surface area contributed by atoms with Gasteiger partial charge in [-0.2, -0.15) is 0 Å². The molecule has 1 aliphatic heterocycles. The second-order valence-electron chi connectivity index (χ2n) is 7.48. The van der Waals surface area contributed by atoms with Gasteiger partial charge in [-0.05, 0) is 50.5 Å². The van der Waals surface area contributed by atoms with Crippen LogP contribution >= 0.6 is 0 Å². The molecule has 0 unspecified atom stereocenters. The Morgan fingerprint density at radius 1 is 1.36 bits per heavy atom. The molecule has 1 aliphatic carbocycles. The second kappa shape index (κ2) is 5.83. The minimum Gasteiger partial charge on any atom is -0.488 e. The molecule has 0 radical (unpaired) electrons. The number of nitrogens with one attached hydrogen (secondary N) is 1.